The minimum Gasteiger partial charge on any atom is -0.325 e. The van der Waals surface area contributed by atoms with Gasteiger partial charge in [-0.1, -0.05) is 31.4 Å². The third-order valence-electron chi connectivity index (χ3n) is 4.93. The second-order valence-corrected chi connectivity index (χ2v) is 6.93. The summed E-state index contributed by atoms with van der Waals surface area (Å²) in [6.07, 6.45) is 3.50. The van der Waals surface area contributed by atoms with Crippen LogP contribution in [0.3, 0.4) is 0 Å². The van der Waals surface area contributed by atoms with Crippen LogP contribution in [-0.4, -0.2) is 34.8 Å². The van der Waals surface area contributed by atoms with Crippen LogP contribution >= 0.6 is 11.6 Å². The molecular formula is C17H20ClN3O3. The van der Waals surface area contributed by atoms with Gasteiger partial charge in [0, 0.05) is 10.7 Å². The van der Waals surface area contributed by atoms with Crippen molar-refractivity contribution in [3.05, 3.63) is 29.3 Å². The smallest absolute Gasteiger partial charge is 0.325 e. The molecular weight excluding hydrogens is 330 g/mol. The molecule has 2 fully saturated rings. The van der Waals surface area contributed by atoms with Crippen LogP contribution in [0, 0.1) is 5.92 Å². The van der Waals surface area contributed by atoms with Gasteiger partial charge in [0.2, 0.25) is 5.91 Å². The summed E-state index contributed by atoms with van der Waals surface area (Å²) in [7, 11) is 0. The molecule has 2 unspecified atom stereocenters. The quantitative estimate of drug-likeness (QED) is 0.823. The Labute approximate surface area is 145 Å². The fraction of sp³-hybridized carbons (Fsp3) is 0.471. The topological polar surface area (TPSA) is 78.5 Å². The van der Waals surface area contributed by atoms with Crippen LogP contribution in [0.1, 0.15) is 32.6 Å². The monoisotopic (exact) mass is 349 g/mol. The maximum atomic E-state index is 12.8. The van der Waals surface area contributed by atoms with E-state index < -0.39 is 17.5 Å². The van der Waals surface area contributed by atoms with Gasteiger partial charge in [0.05, 0.1) is 0 Å². The van der Waals surface area contributed by atoms with Gasteiger partial charge in [-0.25, -0.2) is 4.79 Å². The number of carbonyl (C=O) groups is 3. The summed E-state index contributed by atoms with van der Waals surface area (Å²) >= 11 is 5.80. The normalized spacial score (nSPS) is 26.6. The van der Waals surface area contributed by atoms with Crippen LogP contribution in [0.15, 0.2) is 24.3 Å². The van der Waals surface area contributed by atoms with Gasteiger partial charge in [-0.05, 0) is 43.0 Å². The first-order valence-corrected chi connectivity index (χ1v) is 8.50. The zero-order valence-corrected chi connectivity index (χ0v) is 14.2. The molecule has 6 nitrogen and oxygen atoms in total. The highest BCUT2D eigenvalue weighted by Crippen LogP contribution is 2.38. The standard InChI is InChI=1S/C17H20ClN3O3/c1-11-4-2-3-9-17(11)15(23)21(16(24)20-17)10-14(22)19-13-7-5-12(18)6-8-13/h5-8,11H,2-4,9-10H2,1H3,(H,19,22)(H,20,24). The molecule has 1 saturated heterocycles. The Morgan fingerprint density at radius 1 is 1.33 bits per heavy atom. The molecule has 24 heavy (non-hydrogen) atoms. The lowest BCUT2D eigenvalue weighted by Crippen LogP contribution is -2.54. The van der Waals surface area contributed by atoms with Crippen LogP contribution in [0.25, 0.3) is 0 Å². The van der Waals surface area contributed by atoms with E-state index in [1.807, 2.05) is 6.92 Å². The van der Waals surface area contributed by atoms with Gasteiger partial charge in [-0.3, -0.25) is 14.5 Å². The first-order chi connectivity index (χ1) is 11.4. The number of hydrogen-bond donors (Lipinski definition) is 2. The molecule has 0 bridgehead atoms. The summed E-state index contributed by atoms with van der Waals surface area (Å²) < 4.78 is 0. The molecule has 1 aromatic carbocycles. The van der Waals surface area contributed by atoms with Gasteiger partial charge in [0.25, 0.3) is 5.91 Å². The van der Waals surface area contributed by atoms with Crippen molar-refractivity contribution in [2.24, 2.45) is 5.92 Å². The highest BCUT2D eigenvalue weighted by Gasteiger charge is 2.55. The molecule has 2 aliphatic rings. The molecule has 1 aliphatic heterocycles. The SMILES string of the molecule is CC1CCCCC12NC(=O)N(CC(=O)Nc1ccc(Cl)cc1)C2=O. The molecule has 1 aliphatic carbocycles. The average molecular weight is 350 g/mol. The zero-order chi connectivity index (χ0) is 17.3. The van der Waals surface area contributed by atoms with Gasteiger partial charge < -0.3 is 10.6 Å². The number of carbonyl (C=O) groups excluding carboxylic acids is 3. The molecule has 7 heteroatoms. The van der Waals surface area contributed by atoms with Crippen molar-refractivity contribution in [2.75, 3.05) is 11.9 Å². The van der Waals surface area contributed by atoms with Crippen molar-refractivity contribution in [1.29, 1.82) is 0 Å². The number of benzene rings is 1. The number of nitrogens with one attached hydrogen (secondary N) is 2. The summed E-state index contributed by atoms with van der Waals surface area (Å²) in [5.41, 5.74) is -0.271. The number of rotatable bonds is 3. The largest absolute Gasteiger partial charge is 0.325 e. The Hall–Kier alpha value is -2.08. The highest BCUT2D eigenvalue weighted by molar-refractivity contribution is 6.30. The second kappa shape index (κ2) is 6.43. The molecule has 1 heterocycles. The van der Waals surface area contributed by atoms with Crippen LogP contribution < -0.4 is 10.6 Å². The number of hydrogen-bond acceptors (Lipinski definition) is 3. The predicted octanol–water partition coefficient (Wildman–Crippen LogP) is 2.78. The summed E-state index contributed by atoms with van der Waals surface area (Å²) in [5, 5.41) is 6.07. The summed E-state index contributed by atoms with van der Waals surface area (Å²) in [5.74, 6) is -0.626. The second-order valence-electron chi connectivity index (χ2n) is 6.49. The Balaban J connectivity index is 1.68. The molecule has 0 radical (unpaired) electrons. The van der Waals surface area contributed by atoms with Crippen LogP contribution in [-0.2, 0) is 9.59 Å². The third kappa shape index (κ3) is 2.98. The molecule has 1 aromatic rings. The Kier molecular flexibility index (Phi) is 4.49. The predicted molar refractivity (Wildman–Crippen MR) is 90.7 cm³/mol. The molecule has 0 aromatic heterocycles. The Bertz CT molecular complexity index is 676. The number of nitrogens with zero attached hydrogens (tertiary/aromatic N) is 1. The molecule has 128 valence electrons. The van der Waals surface area contributed by atoms with E-state index in [9.17, 15) is 14.4 Å². The van der Waals surface area contributed by atoms with Crippen molar-refractivity contribution in [2.45, 2.75) is 38.1 Å². The number of anilines is 1. The number of amides is 4. The minimum absolute atomic E-state index is 0.0760. The van der Waals surface area contributed by atoms with Gasteiger partial charge in [0.1, 0.15) is 12.1 Å². The lowest BCUT2D eigenvalue weighted by molar-refractivity contribution is -0.136. The molecule has 2 N–H and O–H groups in total. The molecule has 2 atom stereocenters. The molecule has 3 rings (SSSR count). The van der Waals surface area contributed by atoms with Crippen LogP contribution in [0.2, 0.25) is 5.02 Å². The van der Waals surface area contributed by atoms with Gasteiger partial charge >= 0.3 is 6.03 Å². The number of halogens is 1. The van der Waals surface area contributed by atoms with Gasteiger partial charge in [-0.2, -0.15) is 0 Å². The first kappa shape index (κ1) is 16.8. The number of imide groups is 1. The van der Waals surface area contributed by atoms with Gasteiger partial charge in [0.15, 0.2) is 0 Å². The Morgan fingerprint density at radius 3 is 2.71 bits per heavy atom. The Morgan fingerprint density at radius 2 is 2.04 bits per heavy atom. The van der Waals surface area contributed by atoms with Crippen molar-refractivity contribution < 1.29 is 14.4 Å². The van der Waals surface area contributed by atoms with E-state index in [-0.39, 0.29) is 18.4 Å². The molecule has 4 amide bonds. The van der Waals surface area contributed by atoms with Crippen molar-refractivity contribution >= 4 is 35.1 Å². The van der Waals surface area contributed by atoms with Crippen molar-refractivity contribution in [3.8, 4) is 0 Å². The maximum Gasteiger partial charge on any atom is 0.325 e. The van der Waals surface area contributed by atoms with E-state index in [0.717, 1.165) is 24.2 Å². The minimum atomic E-state index is -0.837. The van der Waals surface area contributed by atoms with E-state index in [4.69, 9.17) is 11.6 Å². The van der Waals surface area contributed by atoms with E-state index >= 15 is 0 Å². The van der Waals surface area contributed by atoms with E-state index in [1.165, 1.54) is 0 Å². The zero-order valence-electron chi connectivity index (χ0n) is 13.5. The van der Waals surface area contributed by atoms with E-state index in [0.29, 0.717) is 17.1 Å². The fourth-order valence-corrected chi connectivity index (χ4v) is 3.64. The van der Waals surface area contributed by atoms with Gasteiger partial charge in [-0.15, -0.1) is 0 Å². The first-order valence-electron chi connectivity index (χ1n) is 8.12. The maximum absolute atomic E-state index is 12.8. The lowest BCUT2D eigenvalue weighted by atomic mass is 9.73. The third-order valence-corrected chi connectivity index (χ3v) is 5.18. The fourth-order valence-electron chi connectivity index (χ4n) is 3.52. The summed E-state index contributed by atoms with van der Waals surface area (Å²) in [4.78, 5) is 38.2. The van der Waals surface area contributed by atoms with E-state index in [2.05, 4.69) is 10.6 Å². The van der Waals surface area contributed by atoms with Crippen molar-refractivity contribution in [3.63, 3.8) is 0 Å². The number of urea groups is 1. The van der Waals surface area contributed by atoms with E-state index in [1.54, 1.807) is 24.3 Å². The molecule has 1 saturated carbocycles. The van der Waals surface area contributed by atoms with Crippen molar-refractivity contribution in [1.82, 2.24) is 10.2 Å². The van der Waals surface area contributed by atoms with Crippen LogP contribution in [0.4, 0.5) is 10.5 Å². The summed E-state index contributed by atoms with van der Waals surface area (Å²) in [6.45, 7) is 1.69. The van der Waals surface area contributed by atoms with Crippen LogP contribution in [0.5, 0.6) is 0 Å². The average Bonchev–Trinajstić information content (AvgIpc) is 2.78. The molecule has 1 spiro atoms. The lowest BCUT2D eigenvalue weighted by Gasteiger charge is -2.36. The summed E-state index contributed by atoms with van der Waals surface area (Å²) in [6, 6.07) is 6.15. The highest BCUT2D eigenvalue weighted by atomic mass is 35.5.